The van der Waals surface area contributed by atoms with Gasteiger partial charge in [-0.2, -0.15) is 5.26 Å². The molecule has 0 saturated carbocycles. The smallest absolute Gasteiger partial charge is 0.344 e. The summed E-state index contributed by atoms with van der Waals surface area (Å²) >= 11 is 0. The van der Waals surface area contributed by atoms with Crippen LogP contribution in [-0.2, 0) is 4.79 Å². The number of para-hydroxylation sites is 1. The van der Waals surface area contributed by atoms with Gasteiger partial charge in [0.2, 0.25) is 5.88 Å². The third kappa shape index (κ3) is 3.15. The van der Waals surface area contributed by atoms with Gasteiger partial charge in [-0.25, -0.2) is 4.79 Å². The zero-order valence-corrected chi connectivity index (χ0v) is 15.0. The van der Waals surface area contributed by atoms with E-state index in [1.807, 2.05) is 6.07 Å². The Bertz CT molecular complexity index is 1250. The minimum Gasteiger partial charge on any atom is -0.484 e. The molecule has 0 aliphatic carbocycles. The predicted molar refractivity (Wildman–Crippen MR) is 103 cm³/mol. The van der Waals surface area contributed by atoms with Crippen LogP contribution in [0.2, 0.25) is 0 Å². The summed E-state index contributed by atoms with van der Waals surface area (Å²) in [6.07, 6.45) is 0. The number of amides is 1. The number of rotatable bonds is 4. The number of nitrogens with two attached hydrogens (primary N) is 2. The number of nitriles is 1. The van der Waals surface area contributed by atoms with E-state index in [2.05, 4.69) is 0 Å². The summed E-state index contributed by atoms with van der Waals surface area (Å²) in [6.45, 7) is -0.259. The highest BCUT2D eigenvalue weighted by Gasteiger charge is 2.35. The summed E-state index contributed by atoms with van der Waals surface area (Å²) < 4.78 is 16.4. The Labute approximate surface area is 164 Å². The van der Waals surface area contributed by atoms with E-state index < -0.39 is 17.5 Å². The predicted octanol–water partition coefficient (Wildman–Crippen LogP) is 1.88. The fraction of sp³-hybridized carbons (Fsp3) is 0.0952. The number of fused-ring (bicyclic) bond motifs is 3. The molecule has 4 rings (SSSR count). The van der Waals surface area contributed by atoms with Gasteiger partial charge >= 0.3 is 5.63 Å². The van der Waals surface area contributed by atoms with Crippen molar-refractivity contribution < 1.29 is 18.7 Å². The minimum absolute atomic E-state index is 0.0743. The van der Waals surface area contributed by atoms with Gasteiger partial charge < -0.3 is 25.4 Å². The Morgan fingerprint density at radius 2 is 1.90 bits per heavy atom. The molecule has 0 spiro atoms. The summed E-state index contributed by atoms with van der Waals surface area (Å²) in [7, 11) is 0. The molecule has 3 aromatic rings. The fourth-order valence-corrected chi connectivity index (χ4v) is 3.31. The third-order valence-electron chi connectivity index (χ3n) is 4.57. The van der Waals surface area contributed by atoms with Crippen LogP contribution in [0, 0.1) is 11.3 Å². The standard InChI is InChI=1S/C21H15N3O5/c22-9-14-17(11-5-7-12(8-6-11)27-10-16(23)25)18-19(29-20(14)24)13-3-1-2-4-15(13)28-21(18)26/h1-8,17H,10,24H2,(H2,23,25)/t17-/m0/s1. The first-order chi connectivity index (χ1) is 14.0. The van der Waals surface area contributed by atoms with Crippen LogP contribution in [-0.4, -0.2) is 12.5 Å². The summed E-state index contributed by atoms with van der Waals surface area (Å²) in [5.74, 6) is -0.753. The molecule has 29 heavy (non-hydrogen) atoms. The zero-order valence-electron chi connectivity index (χ0n) is 15.0. The Balaban J connectivity index is 1.87. The second-order valence-corrected chi connectivity index (χ2v) is 6.38. The van der Waals surface area contributed by atoms with Crippen LogP contribution >= 0.6 is 0 Å². The van der Waals surface area contributed by atoms with Gasteiger partial charge in [0.15, 0.2) is 12.4 Å². The van der Waals surface area contributed by atoms with E-state index in [0.29, 0.717) is 22.3 Å². The van der Waals surface area contributed by atoms with Crippen molar-refractivity contribution in [3.8, 4) is 17.6 Å². The van der Waals surface area contributed by atoms with Gasteiger partial charge in [-0.1, -0.05) is 24.3 Å². The number of carbonyl (C=O) groups excluding carboxylic acids is 1. The molecule has 144 valence electrons. The summed E-state index contributed by atoms with van der Waals surface area (Å²) in [5, 5.41) is 10.2. The van der Waals surface area contributed by atoms with Crippen molar-refractivity contribution in [1.29, 1.82) is 5.26 Å². The Hall–Kier alpha value is -4.25. The summed E-state index contributed by atoms with van der Waals surface area (Å²) in [6, 6.07) is 15.5. The number of ether oxygens (including phenoxy) is 2. The molecule has 1 amide bonds. The third-order valence-corrected chi connectivity index (χ3v) is 4.57. The number of carbonyl (C=O) groups is 1. The van der Waals surface area contributed by atoms with E-state index in [1.165, 1.54) is 0 Å². The molecule has 2 heterocycles. The molecule has 0 unspecified atom stereocenters. The summed E-state index contributed by atoms with van der Waals surface area (Å²) in [4.78, 5) is 23.6. The first-order valence-electron chi connectivity index (χ1n) is 8.64. The number of hydrogen-bond donors (Lipinski definition) is 2. The van der Waals surface area contributed by atoms with Gasteiger partial charge in [-0.05, 0) is 29.8 Å². The number of primary amides is 1. The quantitative estimate of drug-likeness (QED) is 0.649. The zero-order chi connectivity index (χ0) is 20.5. The molecule has 0 fully saturated rings. The van der Waals surface area contributed by atoms with Crippen LogP contribution in [0.1, 0.15) is 17.0 Å². The normalized spacial score (nSPS) is 15.3. The maximum absolute atomic E-state index is 12.8. The highest BCUT2D eigenvalue weighted by Crippen LogP contribution is 2.43. The Morgan fingerprint density at radius 1 is 1.17 bits per heavy atom. The van der Waals surface area contributed by atoms with Crippen molar-refractivity contribution in [1.82, 2.24) is 0 Å². The largest absolute Gasteiger partial charge is 0.484 e. The van der Waals surface area contributed by atoms with E-state index in [0.717, 1.165) is 0 Å². The van der Waals surface area contributed by atoms with E-state index in [4.69, 9.17) is 25.4 Å². The van der Waals surface area contributed by atoms with Crippen LogP contribution in [0.3, 0.4) is 0 Å². The molecular formula is C21H15N3O5. The first kappa shape index (κ1) is 18.1. The Morgan fingerprint density at radius 3 is 2.59 bits per heavy atom. The lowest BCUT2D eigenvalue weighted by molar-refractivity contribution is -0.119. The molecule has 1 aromatic heterocycles. The van der Waals surface area contributed by atoms with Gasteiger partial charge in [0.1, 0.15) is 23.0 Å². The van der Waals surface area contributed by atoms with Crippen LogP contribution < -0.4 is 26.6 Å². The molecular weight excluding hydrogens is 374 g/mol. The molecule has 0 saturated heterocycles. The number of benzene rings is 2. The second-order valence-electron chi connectivity index (χ2n) is 6.38. The summed E-state index contributed by atoms with van der Waals surface area (Å²) in [5.41, 5.74) is 11.7. The topological polar surface area (TPSA) is 142 Å². The average molecular weight is 389 g/mol. The average Bonchev–Trinajstić information content (AvgIpc) is 2.72. The van der Waals surface area contributed by atoms with Gasteiger partial charge in [0, 0.05) is 0 Å². The van der Waals surface area contributed by atoms with Gasteiger partial charge in [0.05, 0.1) is 16.9 Å². The van der Waals surface area contributed by atoms with Crippen LogP contribution in [0.15, 0.2) is 69.2 Å². The van der Waals surface area contributed by atoms with Crippen molar-refractivity contribution >= 4 is 16.9 Å². The van der Waals surface area contributed by atoms with Crippen molar-refractivity contribution in [2.45, 2.75) is 5.92 Å². The number of nitrogens with zero attached hydrogens (tertiary/aromatic N) is 1. The molecule has 1 aliphatic heterocycles. The maximum Gasteiger partial charge on any atom is 0.344 e. The van der Waals surface area contributed by atoms with Gasteiger partial charge in [0.25, 0.3) is 5.91 Å². The first-order valence-corrected chi connectivity index (χ1v) is 8.64. The van der Waals surface area contributed by atoms with Crippen molar-refractivity contribution in [2.24, 2.45) is 11.5 Å². The van der Waals surface area contributed by atoms with Crippen molar-refractivity contribution in [2.75, 3.05) is 6.61 Å². The lowest BCUT2D eigenvalue weighted by atomic mass is 9.84. The lowest BCUT2D eigenvalue weighted by Gasteiger charge is -2.26. The monoisotopic (exact) mass is 389 g/mol. The molecule has 8 heteroatoms. The number of allylic oxidation sites excluding steroid dienone is 1. The highest BCUT2D eigenvalue weighted by molar-refractivity contribution is 5.86. The molecule has 4 N–H and O–H groups in total. The van der Waals surface area contributed by atoms with E-state index in [1.54, 1.807) is 48.5 Å². The molecule has 1 atom stereocenters. The molecule has 0 bridgehead atoms. The highest BCUT2D eigenvalue weighted by atomic mass is 16.5. The number of hydrogen-bond acceptors (Lipinski definition) is 7. The van der Waals surface area contributed by atoms with Crippen LogP contribution in [0.5, 0.6) is 11.5 Å². The Kier molecular flexibility index (Phi) is 4.41. The molecule has 0 radical (unpaired) electrons. The van der Waals surface area contributed by atoms with Gasteiger partial charge in [-0.15, -0.1) is 0 Å². The SMILES string of the molecule is N#CC1=C(N)Oc2c(c(=O)oc3ccccc23)[C@H]1c1ccc(OCC(N)=O)cc1. The van der Waals surface area contributed by atoms with Crippen molar-refractivity contribution in [3.63, 3.8) is 0 Å². The minimum atomic E-state index is -0.769. The van der Waals surface area contributed by atoms with Crippen LogP contribution in [0.25, 0.3) is 11.0 Å². The maximum atomic E-state index is 12.8. The fourth-order valence-electron chi connectivity index (χ4n) is 3.31. The lowest BCUT2D eigenvalue weighted by Crippen LogP contribution is -2.26. The molecule has 1 aliphatic rings. The van der Waals surface area contributed by atoms with E-state index >= 15 is 0 Å². The molecule has 8 nitrogen and oxygen atoms in total. The second kappa shape index (κ2) is 7.05. The molecule has 2 aromatic carbocycles. The van der Waals surface area contributed by atoms with Gasteiger partial charge in [-0.3, -0.25) is 4.79 Å². The van der Waals surface area contributed by atoms with Crippen molar-refractivity contribution in [3.05, 3.63) is 81.5 Å². The van der Waals surface area contributed by atoms with Crippen LogP contribution in [0.4, 0.5) is 0 Å². The van der Waals surface area contributed by atoms with E-state index in [-0.39, 0.29) is 29.4 Å². The van der Waals surface area contributed by atoms with E-state index in [9.17, 15) is 14.9 Å².